The third-order valence-corrected chi connectivity index (χ3v) is 4.30. The number of carboxylic acid groups (broad SMARTS) is 2. The Balaban J connectivity index is 2.15. The zero-order valence-corrected chi connectivity index (χ0v) is 13.6. The molecule has 2 atom stereocenters. The molecule has 2 heterocycles. The van der Waals surface area contributed by atoms with Crippen LogP contribution < -0.4 is 4.74 Å². The fourth-order valence-corrected chi connectivity index (χ4v) is 2.88. The Bertz CT molecular complexity index is 1010. The van der Waals surface area contributed by atoms with Crippen molar-refractivity contribution in [2.75, 3.05) is 7.11 Å². The van der Waals surface area contributed by atoms with Gasteiger partial charge in [-0.3, -0.25) is 4.98 Å². The summed E-state index contributed by atoms with van der Waals surface area (Å²) in [6.07, 6.45) is -1.79. The van der Waals surface area contributed by atoms with Crippen molar-refractivity contribution in [2.24, 2.45) is 0 Å². The Labute approximate surface area is 146 Å². The molecule has 0 unspecified atom stereocenters. The number of aromatic amines is 1. The van der Waals surface area contributed by atoms with Crippen molar-refractivity contribution in [1.29, 1.82) is 0 Å². The summed E-state index contributed by atoms with van der Waals surface area (Å²) in [6, 6.07) is 7.02. The van der Waals surface area contributed by atoms with Crippen LogP contribution in [0.1, 0.15) is 5.69 Å². The molecule has 0 aliphatic heterocycles. The molecule has 5 N–H and O–H groups in total. The second kappa shape index (κ2) is 6.28. The number of rotatable bonds is 6. The molecule has 136 valence electrons. The predicted octanol–water partition coefficient (Wildman–Crippen LogP) is 0.528. The van der Waals surface area contributed by atoms with Gasteiger partial charge in [-0.2, -0.15) is 0 Å². The normalized spacial score (nSPS) is 14.9. The maximum atomic E-state index is 11.4. The first-order valence-corrected chi connectivity index (χ1v) is 7.58. The Hall–Kier alpha value is -3.17. The molecule has 0 spiro atoms. The van der Waals surface area contributed by atoms with Crippen LogP contribution in [0.15, 0.2) is 30.5 Å². The number of aliphatic hydroxyl groups is 2. The lowest BCUT2D eigenvalue weighted by Gasteiger charge is -2.25. The average Bonchev–Trinajstić information content (AvgIpc) is 2.99. The van der Waals surface area contributed by atoms with Gasteiger partial charge in [-0.05, 0) is 18.2 Å². The lowest BCUT2D eigenvalue weighted by Crippen LogP contribution is -2.55. The summed E-state index contributed by atoms with van der Waals surface area (Å²) < 4.78 is 5.17. The number of aliphatic hydroxyl groups excluding tert-OH is 1. The molecular formula is C17H16N2O7. The van der Waals surface area contributed by atoms with Crippen LogP contribution in [-0.2, 0) is 16.0 Å². The first-order valence-electron chi connectivity index (χ1n) is 7.58. The zero-order chi connectivity index (χ0) is 19.1. The van der Waals surface area contributed by atoms with Gasteiger partial charge < -0.3 is 30.1 Å². The highest BCUT2D eigenvalue weighted by Gasteiger charge is 2.48. The van der Waals surface area contributed by atoms with Gasteiger partial charge in [0.25, 0.3) is 0 Å². The molecule has 26 heavy (non-hydrogen) atoms. The Kier molecular flexibility index (Phi) is 4.26. The number of carboxylic acids is 2. The summed E-state index contributed by atoms with van der Waals surface area (Å²) >= 11 is 0. The lowest BCUT2D eigenvalue weighted by atomic mass is 9.90. The molecule has 1 aromatic carbocycles. The van der Waals surface area contributed by atoms with E-state index in [4.69, 9.17) is 9.84 Å². The lowest BCUT2D eigenvalue weighted by molar-refractivity contribution is -0.183. The summed E-state index contributed by atoms with van der Waals surface area (Å²) in [5.74, 6) is -3.09. The highest BCUT2D eigenvalue weighted by atomic mass is 16.5. The SMILES string of the molecule is COc1ccc2c(c1)[nH]c1c(C[C@](O)(C(=O)O)[C@@H](O)C(=O)O)nccc12. The monoisotopic (exact) mass is 360 g/mol. The van der Waals surface area contributed by atoms with Gasteiger partial charge in [-0.25, -0.2) is 9.59 Å². The number of nitrogens with one attached hydrogen (secondary N) is 1. The molecule has 3 rings (SSSR count). The minimum atomic E-state index is -2.93. The fraction of sp³-hybridized carbons (Fsp3) is 0.235. The number of pyridine rings is 1. The van der Waals surface area contributed by atoms with Gasteiger partial charge in [-0.15, -0.1) is 0 Å². The second-order valence-electron chi connectivity index (χ2n) is 5.86. The Morgan fingerprint density at radius 1 is 1.27 bits per heavy atom. The summed E-state index contributed by atoms with van der Waals surface area (Å²) in [5, 5.41) is 39.7. The first-order chi connectivity index (χ1) is 12.3. The van der Waals surface area contributed by atoms with Crippen LogP contribution in [0.4, 0.5) is 0 Å². The summed E-state index contributed by atoms with van der Waals surface area (Å²) in [4.78, 5) is 29.6. The van der Waals surface area contributed by atoms with Crippen LogP contribution in [0.5, 0.6) is 5.75 Å². The van der Waals surface area contributed by atoms with E-state index in [1.165, 1.54) is 13.3 Å². The maximum absolute atomic E-state index is 11.4. The van der Waals surface area contributed by atoms with Gasteiger partial charge in [0.15, 0.2) is 6.10 Å². The number of nitrogens with zero attached hydrogens (tertiary/aromatic N) is 1. The molecule has 9 nitrogen and oxygen atoms in total. The van der Waals surface area contributed by atoms with E-state index in [1.54, 1.807) is 18.2 Å². The van der Waals surface area contributed by atoms with Crippen molar-refractivity contribution in [3.63, 3.8) is 0 Å². The largest absolute Gasteiger partial charge is 0.497 e. The van der Waals surface area contributed by atoms with Crippen molar-refractivity contribution < 1.29 is 34.8 Å². The minimum Gasteiger partial charge on any atom is -0.497 e. The van der Waals surface area contributed by atoms with Gasteiger partial charge >= 0.3 is 11.9 Å². The topological polar surface area (TPSA) is 153 Å². The number of hydrogen-bond donors (Lipinski definition) is 5. The molecule has 0 aliphatic rings. The zero-order valence-electron chi connectivity index (χ0n) is 13.6. The molecule has 0 amide bonds. The van der Waals surface area contributed by atoms with Gasteiger partial charge in [0.1, 0.15) is 5.75 Å². The second-order valence-corrected chi connectivity index (χ2v) is 5.86. The minimum absolute atomic E-state index is 0.114. The molecule has 9 heteroatoms. The Morgan fingerprint density at radius 3 is 2.62 bits per heavy atom. The van der Waals surface area contributed by atoms with Crippen LogP contribution in [0.2, 0.25) is 0 Å². The molecule has 0 saturated carbocycles. The van der Waals surface area contributed by atoms with E-state index in [1.807, 2.05) is 6.07 Å². The Morgan fingerprint density at radius 2 is 2.00 bits per heavy atom. The van der Waals surface area contributed by atoms with Gasteiger partial charge in [0.05, 0.1) is 23.8 Å². The quantitative estimate of drug-likeness (QED) is 0.427. The van der Waals surface area contributed by atoms with E-state index in [0.717, 1.165) is 5.39 Å². The number of hydrogen-bond acceptors (Lipinski definition) is 6. The third kappa shape index (κ3) is 2.72. The van der Waals surface area contributed by atoms with Gasteiger partial charge in [0, 0.05) is 29.5 Å². The first kappa shape index (κ1) is 17.6. The molecule has 3 aromatic rings. The number of methoxy groups -OCH3 is 1. The molecule has 0 aliphatic carbocycles. The van der Waals surface area contributed by atoms with Crippen molar-refractivity contribution in [3.8, 4) is 5.75 Å². The van der Waals surface area contributed by atoms with Gasteiger partial charge in [-0.1, -0.05) is 0 Å². The molecule has 0 radical (unpaired) electrons. The van der Waals surface area contributed by atoms with Crippen LogP contribution in [0.25, 0.3) is 21.8 Å². The predicted molar refractivity (Wildman–Crippen MR) is 90.1 cm³/mol. The van der Waals surface area contributed by atoms with Crippen LogP contribution in [0, 0.1) is 0 Å². The third-order valence-electron chi connectivity index (χ3n) is 4.30. The number of aliphatic carboxylic acids is 2. The maximum Gasteiger partial charge on any atom is 0.339 e. The van der Waals surface area contributed by atoms with E-state index < -0.39 is 30.1 Å². The summed E-state index contributed by atoms with van der Waals surface area (Å²) in [5.41, 5.74) is -1.68. The van der Waals surface area contributed by atoms with E-state index in [2.05, 4.69) is 9.97 Å². The molecular weight excluding hydrogens is 344 g/mol. The number of ether oxygens (including phenoxy) is 1. The van der Waals surface area contributed by atoms with Crippen LogP contribution in [0.3, 0.4) is 0 Å². The highest BCUT2D eigenvalue weighted by Crippen LogP contribution is 2.31. The van der Waals surface area contributed by atoms with E-state index in [-0.39, 0.29) is 5.69 Å². The van der Waals surface area contributed by atoms with Crippen molar-refractivity contribution in [3.05, 3.63) is 36.2 Å². The number of fused-ring (bicyclic) bond motifs is 3. The average molecular weight is 360 g/mol. The number of benzene rings is 1. The van der Waals surface area contributed by atoms with Gasteiger partial charge in [0.2, 0.25) is 5.60 Å². The van der Waals surface area contributed by atoms with E-state index in [0.29, 0.717) is 22.2 Å². The van der Waals surface area contributed by atoms with Crippen molar-refractivity contribution in [1.82, 2.24) is 9.97 Å². The van der Waals surface area contributed by atoms with E-state index >= 15 is 0 Å². The standard InChI is InChI=1S/C17H16N2O7/c1-26-8-2-3-9-10-4-5-18-12(13(10)19-11(9)6-8)7-17(25,16(23)24)14(20)15(21)22/h2-6,14,19-20,25H,7H2,1H3,(H,21,22)(H,23,24)/t14-,17+/m0/s1. The summed E-state index contributed by atoms with van der Waals surface area (Å²) in [7, 11) is 1.52. The van der Waals surface area contributed by atoms with Crippen molar-refractivity contribution in [2.45, 2.75) is 18.1 Å². The number of aromatic nitrogens is 2. The van der Waals surface area contributed by atoms with E-state index in [9.17, 15) is 24.9 Å². The molecule has 0 bridgehead atoms. The van der Waals surface area contributed by atoms with Crippen LogP contribution >= 0.6 is 0 Å². The fourth-order valence-electron chi connectivity index (χ4n) is 2.88. The number of carbonyl (C=O) groups is 2. The molecule has 0 saturated heterocycles. The van der Waals surface area contributed by atoms with Crippen molar-refractivity contribution >= 4 is 33.7 Å². The number of H-pyrrole nitrogens is 1. The molecule has 2 aromatic heterocycles. The highest BCUT2D eigenvalue weighted by molar-refractivity contribution is 6.08. The van der Waals surface area contributed by atoms with Crippen LogP contribution in [-0.4, -0.2) is 61.1 Å². The molecule has 0 fully saturated rings. The smallest absolute Gasteiger partial charge is 0.339 e. The summed E-state index contributed by atoms with van der Waals surface area (Å²) in [6.45, 7) is 0.